The van der Waals surface area contributed by atoms with E-state index in [4.69, 9.17) is 4.42 Å². The first-order valence-electron chi connectivity index (χ1n) is 9.84. The molecule has 31 heavy (non-hydrogen) atoms. The summed E-state index contributed by atoms with van der Waals surface area (Å²) in [6.45, 7) is 3.88. The summed E-state index contributed by atoms with van der Waals surface area (Å²) in [6.07, 6.45) is 1.73. The van der Waals surface area contributed by atoms with Crippen LogP contribution in [0.4, 0.5) is 0 Å². The Hall–Kier alpha value is -3.44. The Morgan fingerprint density at radius 3 is 2.39 bits per heavy atom. The highest BCUT2D eigenvalue weighted by molar-refractivity contribution is 9.10. The van der Waals surface area contributed by atoms with E-state index in [1.807, 2.05) is 68.4 Å². The Kier molecular flexibility index (Phi) is 4.63. The molecule has 5 rings (SSSR count). The summed E-state index contributed by atoms with van der Waals surface area (Å²) in [4.78, 5) is 17.4. The highest BCUT2D eigenvalue weighted by Crippen LogP contribution is 2.44. The number of aromatic hydroxyl groups is 1. The predicted octanol–water partition coefficient (Wildman–Crippen LogP) is 6.76. The van der Waals surface area contributed by atoms with Gasteiger partial charge in [0, 0.05) is 27.2 Å². The summed E-state index contributed by atoms with van der Waals surface area (Å²) in [7, 11) is 0. The van der Waals surface area contributed by atoms with Gasteiger partial charge < -0.3 is 9.52 Å². The summed E-state index contributed by atoms with van der Waals surface area (Å²) < 4.78 is 6.74. The van der Waals surface area contributed by atoms with Crippen molar-refractivity contribution in [2.24, 2.45) is 0 Å². The Balaban J connectivity index is 2.01. The van der Waals surface area contributed by atoms with Gasteiger partial charge in [0.05, 0.1) is 5.39 Å². The SMILES string of the molecule is Cc1ccc(-c2oc(=O)c3cc(C)ccc3c2-c2c(O)ccc3ccc(Br)cc23)nc1. The monoisotopic (exact) mass is 471 g/mol. The van der Waals surface area contributed by atoms with E-state index < -0.39 is 5.63 Å². The van der Waals surface area contributed by atoms with Gasteiger partial charge in [0.1, 0.15) is 11.4 Å². The number of hydrogen-bond acceptors (Lipinski definition) is 4. The lowest BCUT2D eigenvalue weighted by Crippen LogP contribution is -2.04. The molecular weight excluding hydrogens is 454 g/mol. The summed E-state index contributed by atoms with van der Waals surface area (Å²) in [5, 5.41) is 14.0. The molecule has 4 nitrogen and oxygen atoms in total. The quantitative estimate of drug-likeness (QED) is 0.308. The zero-order chi connectivity index (χ0) is 21.7. The van der Waals surface area contributed by atoms with E-state index in [1.165, 1.54) is 0 Å². The molecule has 0 aliphatic rings. The minimum atomic E-state index is -0.430. The second-order valence-electron chi connectivity index (χ2n) is 7.69. The van der Waals surface area contributed by atoms with E-state index in [2.05, 4.69) is 20.9 Å². The number of rotatable bonds is 2. The fraction of sp³-hybridized carbons (Fsp3) is 0.0769. The molecule has 0 radical (unpaired) electrons. The Labute approximate surface area is 186 Å². The van der Waals surface area contributed by atoms with Crippen molar-refractivity contribution in [2.75, 3.05) is 0 Å². The topological polar surface area (TPSA) is 63.3 Å². The molecule has 0 amide bonds. The van der Waals surface area contributed by atoms with Crippen LogP contribution in [0.15, 0.2) is 80.5 Å². The molecule has 0 saturated heterocycles. The average molecular weight is 472 g/mol. The van der Waals surface area contributed by atoms with E-state index in [0.717, 1.165) is 26.4 Å². The molecule has 2 heterocycles. The van der Waals surface area contributed by atoms with Crippen LogP contribution in [0.2, 0.25) is 0 Å². The standard InChI is InChI=1S/C26H18BrNO3/c1-14-3-8-18-20(11-14)26(30)31-25(21-9-4-15(2)13-28-21)24(18)23-19-12-17(27)7-5-16(19)6-10-22(23)29/h3-13,29H,1-2H3. The molecule has 0 unspecified atom stereocenters. The molecule has 0 spiro atoms. The predicted molar refractivity (Wildman–Crippen MR) is 127 cm³/mol. The van der Waals surface area contributed by atoms with Crippen LogP contribution in [-0.2, 0) is 0 Å². The van der Waals surface area contributed by atoms with Crippen LogP contribution in [0.25, 0.3) is 44.1 Å². The molecule has 0 atom stereocenters. The van der Waals surface area contributed by atoms with E-state index in [1.54, 1.807) is 12.3 Å². The van der Waals surface area contributed by atoms with Gasteiger partial charge in [-0.2, -0.15) is 0 Å². The normalized spacial score (nSPS) is 11.3. The number of aromatic nitrogens is 1. The molecule has 0 aliphatic heterocycles. The third kappa shape index (κ3) is 3.31. The van der Waals surface area contributed by atoms with Crippen molar-refractivity contribution in [3.05, 3.63) is 92.9 Å². The maximum absolute atomic E-state index is 12.9. The molecule has 0 bridgehead atoms. The van der Waals surface area contributed by atoms with Crippen molar-refractivity contribution in [3.8, 4) is 28.3 Å². The first kappa shape index (κ1) is 19.5. The van der Waals surface area contributed by atoms with Crippen LogP contribution in [0.3, 0.4) is 0 Å². The number of halogens is 1. The average Bonchev–Trinajstić information content (AvgIpc) is 2.75. The Morgan fingerprint density at radius 1 is 0.839 bits per heavy atom. The van der Waals surface area contributed by atoms with Crippen LogP contribution in [0.5, 0.6) is 5.75 Å². The van der Waals surface area contributed by atoms with Crippen molar-refractivity contribution in [1.82, 2.24) is 4.98 Å². The van der Waals surface area contributed by atoms with E-state index in [-0.39, 0.29) is 5.75 Å². The van der Waals surface area contributed by atoms with E-state index in [9.17, 15) is 9.90 Å². The van der Waals surface area contributed by atoms with Crippen molar-refractivity contribution in [1.29, 1.82) is 0 Å². The molecule has 0 aliphatic carbocycles. The number of hydrogen-bond donors (Lipinski definition) is 1. The van der Waals surface area contributed by atoms with Gasteiger partial charge in [0.15, 0.2) is 5.76 Å². The van der Waals surface area contributed by atoms with Crippen molar-refractivity contribution in [3.63, 3.8) is 0 Å². The summed E-state index contributed by atoms with van der Waals surface area (Å²) in [5.74, 6) is 0.443. The molecular formula is C26H18BrNO3. The third-order valence-electron chi connectivity index (χ3n) is 5.44. The fourth-order valence-electron chi connectivity index (χ4n) is 3.94. The second kappa shape index (κ2) is 7.36. The molecule has 0 fully saturated rings. The van der Waals surface area contributed by atoms with Crippen LogP contribution in [0, 0.1) is 13.8 Å². The second-order valence-corrected chi connectivity index (χ2v) is 8.60. The molecule has 5 aromatic rings. The van der Waals surface area contributed by atoms with Gasteiger partial charge in [-0.15, -0.1) is 0 Å². The number of fused-ring (bicyclic) bond motifs is 2. The summed E-state index contributed by atoms with van der Waals surface area (Å²) in [6, 6.07) is 18.9. The minimum Gasteiger partial charge on any atom is -0.507 e. The number of aryl methyl sites for hydroxylation is 2. The fourth-order valence-corrected chi connectivity index (χ4v) is 4.30. The Morgan fingerprint density at radius 2 is 1.61 bits per heavy atom. The first-order valence-corrected chi connectivity index (χ1v) is 10.6. The maximum atomic E-state index is 12.9. The van der Waals surface area contributed by atoms with Crippen molar-refractivity contribution >= 4 is 37.5 Å². The van der Waals surface area contributed by atoms with Crippen LogP contribution >= 0.6 is 15.9 Å². The lowest BCUT2D eigenvalue weighted by Gasteiger charge is -2.16. The summed E-state index contributed by atoms with van der Waals surface area (Å²) >= 11 is 3.54. The molecule has 3 aromatic carbocycles. The lowest BCUT2D eigenvalue weighted by atomic mass is 9.91. The molecule has 2 aromatic heterocycles. The molecule has 0 saturated carbocycles. The molecule has 1 N–H and O–H groups in total. The van der Waals surface area contributed by atoms with Crippen LogP contribution in [-0.4, -0.2) is 10.1 Å². The van der Waals surface area contributed by atoms with Crippen molar-refractivity contribution in [2.45, 2.75) is 13.8 Å². The van der Waals surface area contributed by atoms with Gasteiger partial charge in [-0.1, -0.05) is 51.8 Å². The highest BCUT2D eigenvalue weighted by Gasteiger charge is 2.22. The number of benzene rings is 3. The zero-order valence-electron chi connectivity index (χ0n) is 16.9. The van der Waals surface area contributed by atoms with Gasteiger partial charge in [0.25, 0.3) is 0 Å². The van der Waals surface area contributed by atoms with Gasteiger partial charge in [-0.05, 0) is 60.5 Å². The van der Waals surface area contributed by atoms with Crippen LogP contribution in [0.1, 0.15) is 11.1 Å². The van der Waals surface area contributed by atoms with Crippen molar-refractivity contribution < 1.29 is 9.52 Å². The summed E-state index contributed by atoms with van der Waals surface area (Å²) in [5.41, 5.74) is 3.31. The third-order valence-corrected chi connectivity index (χ3v) is 5.93. The molecule has 152 valence electrons. The van der Waals surface area contributed by atoms with Gasteiger partial charge in [-0.3, -0.25) is 4.98 Å². The number of phenolic OH excluding ortho intramolecular Hbond substituents is 1. The van der Waals surface area contributed by atoms with Gasteiger partial charge in [0.2, 0.25) is 0 Å². The van der Waals surface area contributed by atoms with E-state index in [0.29, 0.717) is 33.4 Å². The van der Waals surface area contributed by atoms with Crippen LogP contribution < -0.4 is 5.63 Å². The first-order chi connectivity index (χ1) is 14.9. The maximum Gasteiger partial charge on any atom is 0.344 e. The zero-order valence-corrected chi connectivity index (χ0v) is 18.5. The highest BCUT2D eigenvalue weighted by atomic mass is 79.9. The largest absolute Gasteiger partial charge is 0.507 e. The minimum absolute atomic E-state index is 0.106. The van der Waals surface area contributed by atoms with E-state index >= 15 is 0 Å². The number of nitrogens with zero attached hydrogens (tertiary/aromatic N) is 1. The molecule has 5 heteroatoms. The lowest BCUT2D eigenvalue weighted by molar-refractivity contribution is 0.477. The van der Waals surface area contributed by atoms with Gasteiger partial charge in [-0.25, -0.2) is 4.79 Å². The number of phenols is 1. The smallest absolute Gasteiger partial charge is 0.344 e. The number of pyridine rings is 1. The van der Waals surface area contributed by atoms with Gasteiger partial charge >= 0.3 is 5.63 Å². The Bertz CT molecular complexity index is 1530.